The van der Waals surface area contributed by atoms with Crippen molar-refractivity contribution in [3.05, 3.63) is 0 Å². The lowest BCUT2D eigenvalue weighted by Gasteiger charge is -2.39. The van der Waals surface area contributed by atoms with E-state index in [1.807, 2.05) is 0 Å². The average Bonchev–Trinajstić information content (AvgIpc) is 3.15. The number of piperidine rings is 1. The molecule has 1 aliphatic carbocycles. The Hall–Kier alpha value is -0.830. The number of halogens is 2. The van der Waals surface area contributed by atoms with Crippen molar-refractivity contribution in [1.82, 2.24) is 20.7 Å². The fraction of sp³-hybridized carbons (Fsp3) is 0.950. The summed E-state index contributed by atoms with van der Waals surface area (Å²) in [6.07, 6.45) is 7.97. The standard InChI is InChI=1S/C20H36F2N4O2/c1-15(2)28-17-11-12-25(13-20(17,21)22)19(27)18-23-14-26(24-18)16-9-7-5-3-4-6-8-10-16/h15-18,23-24H,3-14H2,1-2H3/t17-,18?/m0/s1. The Kier molecular flexibility index (Phi) is 7.64. The monoisotopic (exact) mass is 402 g/mol. The van der Waals surface area contributed by atoms with Gasteiger partial charge in [-0.05, 0) is 33.1 Å². The second-order valence-corrected chi connectivity index (χ2v) is 8.73. The molecule has 1 amide bonds. The SMILES string of the molecule is CC(C)O[C@H]1CCN(C(=O)C2NCN(C3CCCCCCCC3)N2)CC1(F)F. The van der Waals surface area contributed by atoms with Crippen LogP contribution in [0.15, 0.2) is 0 Å². The predicted octanol–water partition coefficient (Wildman–Crippen LogP) is 2.84. The fourth-order valence-corrected chi connectivity index (χ4v) is 4.53. The van der Waals surface area contributed by atoms with Crippen molar-refractivity contribution in [2.75, 3.05) is 19.8 Å². The zero-order chi connectivity index (χ0) is 20.1. The maximum Gasteiger partial charge on any atom is 0.290 e. The molecule has 3 aliphatic rings. The second-order valence-electron chi connectivity index (χ2n) is 8.73. The molecule has 0 bridgehead atoms. The van der Waals surface area contributed by atoms with Crippen molar-refractivity contribution < 1.29 is 18.3 Å². The molecule has 2 aliphatic heterocycles. The molecule has 8 heteroatoms. The summed E-state index contributed by atoms with van der Waals surface area (Å²) in [7, 11) is 0. The van der Waals surface area contributed by atoms with Gasteiger partial charge in [0.15, 0.2) is 6.17 Å². The molecule has 6 nitrogen and oxygen atoms in total. The van der Waals surface area contributed by atoms with Crippen LogP contribution in [-0.4, -0.2) is 65.9 Å². The average molecular weight is 403 g/mol. The Morgan fingerprint density at radius 3 is 2.32 bits per heavy atom. The molecule has 0 aromatic carbocycles. The van der Waals surface area contributed by atoms with Gasteiger partial charge in [-0.3, -0.25) is 10.1 Å². The molecule has 2 N–H and O–H groups in total. The first-order valence-electron chi connectivity index (χ1n) is 10.9. The number of hydrogen-bond donors (Lipinski definition) is 2. The van der Waals surface area contributed by atoms with E-state index in [4.69, 9.17) is 4.74 Å². The maximum absolute atomic E-state index is 14.4. The molecule has 3 rings (SSSR count). The van der Waals surface area contributed by atoms with Gasteiger partial charge < -0.3 is 9.64 Å². The molecule has 0 aromatic rings. The second kappa shape index (κ2) is 9.78. The first kappa shape index (κ1) is 21.9. The van der Waals surface area contributed by atoms with Gasteiger partial charge in [-0.25, -0.2) is 19.2 Å². The third-order valence-corrected chi connectivity index (χ3v) is 6.06. The summed E-state index contributed by atoms with van der Waals surface area (Å²) >= 11 is 0. The summed E-state index contributed by atoms with van der Waals surface area (Å²) in [6, 6.07) is 0.398. The van der Waals surface area contributed by atoms with E-state index in [9.17, 15) is 13.6 Å². The van der Waals surface area contributed by atoms with Crippen LogP contribution >= 0.6 is 0 Å². The molecule has 2 heterocycles. The zero-order valence-electron chi connectivity index (χ0n) is 17.3. The molecular formula is C20H36F2N4O2. The van der Waals surface area contributed by atoms with Crippen molar-refractivity contribution in [1.29, 1.82) is 0 Å². The van der Waals surface area contributed by atoms with E-state index in [-0.39, 0.29) is 18.4 Å². The predicted molar refractivity (Wildman–Crippen MR) is 104 cm³/mol. The maximum atomic E-state index is 14.4. The van der Waals surface area contributed by atoms with Crippen LogP contribution in [0.2, 0.25) is 0 Å². The highest BCUT2D eigenvalue weighted by atomic mass is 19.3. The van der Waals surface area contributed by atoms with Crippen LogP contribution in [0.25, 0.3) is 0 Å². The quantitative estimate of drug-likeness (QED) is 0.757. The van der Waals surface area contributed by atoms with Gasteiger partial charge in [-0.1, -0.05) is 38.5 Å². The Morgan fingerprint density at radius 2 is 1.71 bits per heavy atom. The van der Waals surface area contributed by atoms with Crippen molar-refractivity contribution in [2.45, 2.75) is 102 Å². The Morgan fingerprint density at radius 1 is 1.07 bits per heavy atom. The summed E-state index contributed by atoms with van der Waals surface area (Å²) in [6.45, 7) is 3.81. The summed E-state index contributed by atoms with van der Waals surface area (Å²) < 4.78 is 34.3. The van der Waals surface area contributed by atoms with E-state index in [2.05, 4.69) is 15.8 Å². The van der Waals surface area contributed by atoms with Crippen LogP contribution in [0.4, 0.5) is 8.78 Å². The smallest absolute Gasteiger partial charge is 0.290 e. The van der Waals surface area contributed by atoms with Gasteiger partial charge in [0.05, 0.1) is 19.3 Å². The molecule has 0 aromatic heterocycles. The van der Waals surface area contributed by atoms with E-state index in [1.54, 1.807) is 13.8 Å². The van der Waals surface area contributed by atoms with E-state index in [1.165, 1.54) is 43.4 Å². The lowest BCUT2D eigenvalue weighted by atomic mass is 10.0. The minimum absolute atomic E-state index is 0.163. The fourth-order valence-electron chi connectivity index (χ4n) is 4.53. The molecule has 2 saturated heterocycles. The van der Waals surface area contributed by atoms with Crippen molar-refractivity contribution in [2.24, 2.45) is 0 Å². The molecular weight excluding hydrogens is 366 g/mol. The van der Waals surface area contributed by atoms with Crippen molar-refractivity contribution in [3.63, 3.8) is 0 Å². The van der Waals surface area contributed by atoms with Gasteiger partial charge in [0, 0.05) is 12.6 Å². The van der Waals surface area contributed by atoms with Gasteiger partial charge in [0.1, 0.15) is 6.10 Å². The van der Waals surface area contributed by atoms with Crippen LogP contribution in [0.3, 0.4) is 0 Å². The number of rotatable bonds is 4. The third-order valence-electron chi connectivity index (χ3n) is 6.06. The van der Waals surface area contributed by atoms with E-state index < -0.39 is 24.7 Å². The van der Waals surface area contributed by atoms with Gasteiger partial charge in [-0.15, -0.1) is 0 Å². The topological polar surface area (TPSA) is 56.8 Å². The number of nitrogens with one attached hydrogen (secondary N) is 2. The molecule has 3 fully saturated rings. The van der Waals surface area contributed by atoms with E-state index in [0.29, 0.717) is 19.3 Å². The largest absolute Gasteiger partial charge is 0.369 e. The highest BCUT2D eigenvalue weighted by molar-refractivity contribution is 5.81. The molecule has 28 heavy (non-hydrogen) atoms. The van der Waals surface area contributed by atoms with Gasteiger partial charge in [0.2, 0.25) is 0 Å². The lowest BCUT2D eigenvalue weighted by molar-refractivity contribution is -0.190. The van der Waals surface area contributed by atoms with E-state index in [0.717, 1.165) is 12.8 Å². The number of amides is 1. The molecule has 2 atom stereocenters. The normalized spacial score (nSPS) is 30.8. The van der Waals surface area contributed by atoms with Crippen molar-refractivity contribution in [3.8, 4) is 0 Å². The van der Waals surface area contributed by atoms with Gasteiger partial charge in [-0.2, -0.15) is 0 Å². The summed E-state index contributed by atoms with van der Waals surface area (Å²) in [5.74, 6) is -3.32. The number of alkyl halides is 2. The first-order chi connectivity index (χ1) is 13.4. The molecule has 1 unspecified atom stereocenters. The molecule has 0 spiro atoms. The summed E-state index contributed by atoms with van der Waals surface area (Å²) in [5, 5.41) is 5.28. The molecule has 0 radical (unpaired) electrons. The Bertz CT molecular complexity index is 510. The number of hydrazine groups is 1. The van der Waals surface area contributed by atoms with Gasteiger partial charge in [0.25, 0.3) is 11.8 Å². The Balaban J connectivity index is 1.52. The summed E-state index contributed by atoms with van der Waals surface area (Å²) in [5.41, 5.74) is 3.25. The number of nitrogens with zero attached hydrogens (tertiary/aromatic N) is 2. The minimum Gasteiger partial charge on any atom is -0.369 e. The number of ether oxygens (including phenoxy) is 1. The third kappa shape index (κ3) is 5.62. The van der Waals surface area contributed by atoms with Crippen molar-refractivity contribution >= 4 is 5.91 Å². The summed E-state index contributed by atoms with van der Waals surface area (Å²) in [4.78, 5) is 14.1. The minimum atomic E-state index is -3.02. The zero-order valence-corrected chi connectivity index (χ0v) is 17.3. The molecule has 1 saturated carbocycles. The van der Waals surface area contributed by atoms with Crippen LogP contribution < -0.4 is 10.7 Å². The highest BCUT2D eigenvalue weighted by Crippen LogP contribution is 2.31. The van der Waals surface area contributed by atoms with Crippen LogP contribution in [0.1, 0.15) is 71.6 Å². The highest BCUT2D eigenvalue weighted by Gasteiger charge is 2.48. The van der Waals surface area contributed by atoms with E-state index >= 15 is 0 Å². The number of likely N-dealkylation sites (tertiary alicyclic amines) is 1. The first-order valence-corrected chi connectivity index (χ1v) is 10.9. The van der Waals surface area contributed by atoms with Crippen LogP contribution in [0.5, 0.6) is 0 Å². The number of hydrogen-bond acceptors (Lipinski definition) is 5. The Labute approximate surface area is 167 Å². The van der Waals surface area contributed by atoms with Crippen LogP contribution in [-0.2, 0) is 9.53 Å². The number of carbonyl (C=O) groups excluding carboxylic acids is 1. The lowest BCUT2D eigenvalue weighted by Crippen LogP contribution is -2.59. The van der Waals surface area contributed by atoms with Crippen LogP contribution in [0, 0.1) is 0 Å². The van der Waals surface area contributed by atoms with Gasteiger partial charge >= 0.3 is 0 Å². The molecule has 162 valence electrons. The number of carbonyl (C=O) groups is 1.